The van der Waals surface area contributed by atoms with Crippen LogP contribution in [0.1, 0.15) is 16.1 Å². The first kappa shape index (κ1) is 11.9. The van der Waals surface area contributed by atoms with E-state index < -0.39 is 0 Å². The van der Waals surface area contributed by atoms with Gasteiger partial charge in [-0.3, -0.25) is 4.79 Å². The molecule has 82 valence electrons. The second kappa shape index (κ2) is 4.73. The Hall–Kier alpha value is -0.580. The fourth-order valence-corrected chi connectivity index (χ4v) is 2.11. The largest absolute Gasteiger partial charge is 0.446 e. The fourth-order valence-electron chi connectivity index (χ4n) is 1.24. The zero-order valence-corrected chi connectivity index (χ0v) is 11.8. The average Bonchev–Trinajstić information content (AvgIpc) is 2.67. The Balaban J connectivity index is 2.45. The second-order valence-corrected chi connectivity index (χ2v) is 5.16. The number of carbonyl (C=O) groups excluding carboxylic acids is 1. The summed E-state index contributed by atoms with van der Waals surface area (Å²) < 4.78 is 6.50. The summed E-state index contributed by atoms with van der Waals surface area (Å²) in [5.41, 5.74) is 0.415. The van der Waals surface area contributed by atoms with Crippen molar-refractivity contribution in [1.82, 2.24) is 0 Å². The summed E-state index contributed by atoms with van der Waals surface area (Å²) in [6.07, 6.45) is 0. The normalized spacial score (nSPS) is 10.4. The van der Waals surface area contributed by atoms with Gasteiger partial charge in [-0.15, -0.1) is 0 Å². The number of rotatable bonds is 2. The summed E-state index contributed by atoms with van der Waals surface area (Å²) in [5.74, 6) is 0.0175. The molecule has 0 spiro atoms. The molecule has 0 aliphatic heterocycles. The predicted molar refractivity (Wildman–Crippen MR) is 69.0 cm³/mol. The van der Waals surface area contributed by atoms with Gasteiger partial charge in [0.1, 0.15) is 0 Å². The molecule has 0 saturated heterocycles. The van der Waals surface area contributed by atoms with E-state index in [1.54, 1.807) is 30.3 Å². The molecule has 1 aromatic heterocycles. The number of ketones is 1. The smallest absolute Gasteiger partial charge is 0.229 e. The van der Waals surface area contributed by atoms with Gasteiger partial charge in [0.25, 0.3) is 0 Å². The molecule has 1 heterocycles. The van der Waals surface area contributed by atoms with Crippen molar-refractivity contribution in [2.75, 3.05) is 0 Å². The molecule has 0 bridgehead atoms. The van der Waals surface area contributed by atoms with E-state index >= 15 is 0 Å². The third kappa shape index (κ3) is 2.39. The van der Waals surface area contributed by atoms with Crippen LogP contribution in [0.2, 0.25) is 5.02 Å². The molecule has 0 unspecified atom stereocenters. The van der Waals surface area contributed by atoms with Crippen LogP contribution in [0, 0.1) is 0 Å². The standard InChI is InChI=1S/C11H5Br2ClO2/c12-6-1-2-8(14)7(5-6)11(15)9-3-4-10(13)16-9/h1-5H. The van der Waals surface area contributed by atoms with Crippen molar-refractivity contribution < 1.29 is 9.21 Å². The summed E-state index contributed by atoms with van der Waals surface area (Å²) in [6.45, 7) is 0. The minimum absolute atomic E-state index is 0.239. The van der Waals surface area contributed by atoms with E-state index in [9.17, 15) is 4.79 Å². The fraction of sp³-hybridized carbons (Fsp3) is 0. The Kier molecular flexibility index (Phi) is 3.52. The predicted octanol–water partition coefficient (Wildman–Crippen LogP) is 4.69. The SMILES string of the molecule is O=C(c1ccc(Br)o1)c1cc(Br)ccc1Cl. The number of hydrogen-bond acceptors (Lipinski definition) is 2. The first-order chi connectivity index (χ1) is 7.58. The molecule has 0 aliphatic rings. The molecule has 2 nitrogen and oxygen atoms in total. The molecule has 0 radical (unpaired) electrons. The van der Waals surface area contributed by atoms with Crippen LogP contribution in [-0.4, -0.2) is 5.78 Å². The Bertz CT molecular complexity index is 549. The van der Waals surface area contributed by atoms with Gasteiger partial charge < -0.3 is 4.42 Å². The Labute approximate surface area is 114 Å². The second-order valence-electron chi connectivity index (χ2n) is 3.06. The van der Waals surface area contributed by atoms with Crippen molar-refractivity contribution in [3.63, 3.8) is 0 Å². The number of furan rings is 1. The van der Waals surface area contributed by atoms with Crippen LogP contribution < -0.4 is 0 Å². The number of hydrogen-bond donors (Lipinski definition) is 0. The molecule has 2 aromatic rings. The molecular weight excluding hydrogens is 359 g/mol. The molecule has 0 N–H and O–H groups in total. The van der Waals surface area contributed by atoms with Gasteiger partial charge in [0.05, 0.1) is 5.02 Å². The lowest BCUT2D eigenvalue weighted by Gasteiger charge is -2.01. The molecule has 0 saturated carbocycles. The van der Waals surface area contributed by atoms with E-state index in [2.05, 4.69) is 31.9 Å². The number of halogens is 3. The van der Waals surface area contributed by atoms with E-state index in [4.69, 9.17) is 16.0 Å². The molecule has 2 rings (SSSR count). The van der Waals surface area contributed by atoms with Crippen LogP contribution in [0.25, 0.3) is 0 Å². The number of carbonyl (C=O) groups is 1. The zero-order valence-electron chi connectivity index (χ0n) is 7.84. The lowest BCUT2D eigenvalue weighted by atomic mass is 10.1. The van der Waals surface area contributed by atoms with Crippen LogP contribution in [0.4, 0.5) is 0 Å². The molecule has 0 atom stereocenters. The van der Waals surface area contributed by atoms with Crippen LogP contribution in [-0.2, 0) is 0 Å². The summed E-state index contributed by atoms with van der Waals surface area (Å²) in [4.78, 5) is 12.0. The van der Waals surface area contributed by atoms with E-state index in [-0.39, 0.29) is 11.5 Å². The maximum absolute atomic E-state index is 12.0. The van der Waals surface area contributed by atoms with Crippen molar-refractivity contribution in [2.24, 2.45) is 0 Å². The highest BCUT2D eigenvalue weighted by Gasteiger charge is 2.16. The third-order valence-corrected chi connectivity index (χ3v) is 3.22. The molecule has 1 aromatic carbocycles. The van der Waals surface area contributed by atoms with Crippen LogP contribution in [0.15, 0.2) is 43.9 Å². The Morgan fingerprint density at radius 1 is 1.19 bits per heavy atom. The Morgan fingerprint density at radius 2 is 1.94 bits per heavy atom. The molecular formula is C11H5Br2ClO2. The van der Waals surface area contributed by atoms with Crippen LogP contribution in [0.5, 0.6) is 0 Å². The van der Waals surface area contributed by atoms with Gasteiger partial charge in [-0.2, -0.15) is 0 Å². The van der Waals surface area contributed by atoms with Gasteiger partial charge in [0, 0.05) is 10.0 Å². The van der Waals surface area contributed by atoms with E-state index in [0.29, 0.717) is 15.3 Å². The summed E-state index contributed by atoms with van der Waals surface area (Å²) in [7, 11) is 0. The molecule has 0 aliphatic carbocycles. The summed E-state index contributed by atoms with van der Waals surface area (Å²) in [6, 6.07) is 8.37. The summed E-state index contributed by atoms with van der Waals surface area (Å²) in [5, 5.41) is 0.403. The first-order valence-electron chi connectivity index (χ1n) is 4.33. The summed E-state index contributed by atoms with van der Waals surface area (Å²) >= 11 is 12.4. The van der Waals surface area contributed by atoms with Gasteiger partial charge >= 0.3 is 0 Å². The van der Waals surface area contributed by atoms with Crippen LogP contribution in [0.3, 0.4) is 0 Å². The highest BCUT2D eigenvalue weighted by atomic mass is 79.9. The zero-order chi connectivity index (χ0) is 11.7. The molecule has 0 amide bonds. The lowest BCUT2D eigenvalue weighted by molar-refractivity contribution is 0.101. The maximum atomic E-state index is 12.0. The van der Waals surface area contributed by atoms with Crippen molar-refractivity contribution >= 4 is 49.2 Å². The van der Waals surface area contributed by atoms with Crippen molar-refractivity contribution in [2.45, 2.75) is 0 Å². The van der Waals surface area contributed by atoms with Gasteiger partial charge in [-0.25, -0.2) is 0 Å². The maximum Gasteiger partial charge on any atom is 0.229 e. The topological polar surface area (TPSA) is 30.2 Å². The van der Waals surface area contributed by atoms with Gasteiger partial charge in [-0.1, -0.05) is 27.5 Å². The van der Waals surface area contributed by atoms with E-state index in [1.807, 2.05) is 0 Å². The Morgan fingerprint density at radius 3 is 2.56 bits per heavy atom. The van der Waals surface area contributed by atoms with Crippen molar-refractivity contribution in [3.8, 4) is 0 Å². The monoisotopic (exact) mass is 362 g/mol. The molecule has 0 fully saturated rings. The molecule has 16 heavy (non-hydrogen) atoms. The lowest BCUT2D eigenvalue weighted by Crippen LogP contribution is -2.00. The van der Waals surface area contributed by atoms with E-state index in [1.165, 1.54) is 0 Å². The van der Waals surface area contributed by atoms with Crippen LogP contribution >= 0.6 is 43.5 Å². The number of benzene rings is 1. The van der Waals surface area contributed by atoms with Gasteiger partial charge in [0.2, 0.25) is 5.78 Å². The average molecular weight is 364 g/mol. The highest BCUT2D eigenvalue weighted by Crippen LogP contribution is 2.25. The molecule has 5 heteroatoms. The quantitative estimate of drug-likeness (QED) is 0.724. The minimum Gasteiger partial charge on any atom is -0.446 e. The first-order valence-corrected chi connectivity index (χ1v) is 6.29. The van der Waals surface area contributed by atoms with E-state index in [0.717, 1.165) is 4.47 Å². The van der Waals surface area contributed by atoms with Crippen molar-refractivity contribution in [1.29, 1.82) is 0 Å². The van der Waals surface area contributed by atoms with Gasteiger partial charge in [0.15, 0.2) is 10.4 Å². The van der Waals surface area contributed by atoms with Crippen molar-refractivity contribution in [3.05, 3.63) is 55.8 Å². The highest BCUT2D eigenvalue weighted by molar-refractivity contribution is 9.10. The minimum atomic E-state index is -0.239. The van der Waals surface area contributed by atoms with Gasteiger partial charge in [-0.05, 0) is 46.3 Å². The third-order valence-electron chi connectivity index (χ3n) is 1.97.